The zero-order valence-corrected chi connectivity index (χ0v) is 9.79. The third kappa shape index (κ3) is 2.77. The fourth-order valence-corrected chi connectivity index (χ4v) is 2.46. The normalized spacial score (nSPS) is 11.2. The molecule has 0 N–H and O–H groups in total. The van der Waals surface area contributed by atoms with Crippen molar-refractivity contribution in [1.82, 2.24) is 0 Å². The molecule has 0 bridgehead atoms. The molecule has 0 amide bonds. The van der Waals surface area contributed by atoms with Crippen LogP contribution in [0, 0.1) is 3.57 Å². The van der Waals surface area contributed by atoms with Gasteiger partial charge in [-0.3, -0.25) is 4.79 Å². The summed E-state index contributed by atoms with van der Waals surface area (Å²) >= 11 is 1.97. The molecule has 0 fully saturated rings. The smallest absolute Gasteiger partial charge is 0.175 e. The van der Waals surface area contributed by atoms with Crippen LogP contribution in [0.5, 0.6) is 0 Å². The van der Waals surface area contributed by atoms with E-state index in [1.54, 1.807) is 6.07 Å². The molecule has 0 radical (unpaired) electrons. The van der Waals surface area contributed by atoms with Crippen molar-refractivity contribution in [3.05, 3.63) is 27.3 Å². The Morgan fingerprint density at radius 1 is 1.31 bits per heavy atom. The van der Waals surface area contributed by atoms with E-state index in [1.165, 1.54) is 12.1 Å². The van der Waals surface area contributed by atoms with E-state index < -0.39 is 9.84 Å². The standard InChI is InChI=1S/C8H7IO3S/c1-13(11,12)8-3-6(5-10)2-7(9)4-8/h2-5H,1H3. The minimum Gasteiger partial charge on any atom is -0.298 e. The average Bonchev–Trinajstić information content (AvgIpc) is 2.01. The SMILES string of the molecule is CS(=O)(=O)c1cc(I)cc(C=O)c1. The number of sulfone groups is 1. The van der Waals surface area contributed by atoms with E-state index in [-0.39, 0.29) is 4.90 Å². The Labute approximate surface area is 90.2 Å². The van der Waals surface area contributed by atoms with Crippen molar-refractivity contribution in [3.63, 3.8) is 0 Å². The largest absolute Gasteiger partial charge is 0.298 e. The minimum atomic E-state index is -3.22. The molecule has 0 heterocycles. The number of benzene rings is 1. The van der Waals surface area contributed by atoms with Crippen LogP contribution in [0.4, 0.5) is 0 Å². The predicted octanol–water partition coefficient (Wildman–Crippen LogP) is 1.51. The monoisotopic (exact) mass is 310 g/mol. The maximum absolute atomic E-state index is 11.1. The van der Waals surface area contributed by atoms with Gasteiger partial charge in [0.1, 0.15) is 6.29 Å². The van der Waals surface area contributed by atoms with Crippen molar-refractivity contribution in [2.45, 2.75) is 4.90 Å². The molecule has 0 saturated carbocycles. The van der Waals surface area contributed by atoms with Crippen LogP contribution in [0.15, 0.2) is 23.1 Å². The molecule has 1 rings (SSSR count). The molecule has 0 aliphatic carbocycles. The quantitative estimate of drug-likeness (QED) is 0.614. The number of carbonyl (C=O) groups is 1. The second-order valence-electron chi connectivity index (χ2n) is 2.61. The lowest BCUT2D eigenvalue weighted by atomic mass is 10.2. The van der Waals surface area contributed by atoms with Gasteiger partial charge in [-0.2, -0.15) is 0 Å². The molecule has 0 aromatic heterocycles. The Morgan fingerprint density at radius 2 is 1.92 bits per heavy atom. The van der Waals surface area contributed by atoms with Crippen LogP contribution >= 0.6 is 22.6 Å². The first-order valence-corrected chi connectivity index (χ1v) is 6.36. The van der Waals surface area contributed by atoms with Crippen molar-refractivity contribution in [3.8, 4) is 0 Å². The van der Waals surface area contributed by atoms with Crippen molar-refractivity contribution in [1.29, 1.82) is 0 Å². The number of halogens is 1. The molecule has 1 aromatic carbocycles. The Bertz CT molecular complexity index is 437. The molecule has 0 saturated heterocycles. The molecular weight excluding hydrogens is 303 g/mol. The summed E-state index contributed by atoms with van der Waals surface area (Å²) < 4.78 is 23.0. The minimum absolute atomic E-state index is 0.182. The van der Waals surface area contributed by atoms with Gasteiger partial charge in [-0.1, -0.05) is 0 Å². The van der Waals surface area contributed by atoms with E-state index in [0.29, 0.717) is 11.8 Å². The molecule has 70 valence electrons. The summed E-state index contributed by atoms with van der Waals surface area (Å²) in [6.07, 6.45) is 1.75. The maximum Gasteiger partial charge on any atom is 0.175 e. The zero-order chi connectivity index (χ0) is 10.1. The van der Waals surface area contributed by atoms with Gasteiger partial charge in [-0.25, -0.2) is 8.42 Å². The zero-order valence-electron chi connectivity index (χ0n) is 6.82. The summed E-state index contributed by atoms with van der Waals surface area (Å²) in [5, 5.41) is 0. The number of aldehydes is 1. The highest BCUT2D eigenvalue weighted by Gasteiger charge is 2.08. The molecule has 3 nitrogen and oxygen atoms in total. The summed E-state index contributed by atoms with van der Waals surface area (Å²) in [6, 6.07) is 4.52. The molecule has 0 spiro atoms. The Morgan fingerprint density at radius 3 is 2.38 bits per heavy atom. The van der Waals surface area contributed by atoms with Gasteiger partial charge < -0.3 is 0 Å². The second-order valence-corrected chi connectivity index (χ2v) is 5.87. The summed E-state index contributed by atoms with van der Waals surface area (Å²) in [7, 11) is -3.22. The van der Waals surface area contributed by atoms with Crippen LogP contribution in [0.25, 0.3) is 0 Å². The van der Waals surface area contributed by atoms with Crippen LogP contribution < -0.4 is 0 Å². The van der Waals surface area contributed by atoms with Crippen LogP contribution in [0.2, 0.25) is 0 Å². The van der Waals surface area contributed by atoms with Crippen LogP contribution in [0.1, 0.15) is 10.4 Å². The lowest BCUT2D eigenvalue weighted by Crippen LogP contribution is -1.98. The lowest BCUT2D eigenvalue weighted by molar-refractivity contribution is 0.112. The molecule has 1 aromatic rings. The first-order chi connectivity index (χ1) is 5.93. The molecular formula is C8H7IO3S. The van der Waals surface area contributed by atoms with Gasteiger partial charge in [0.15, 0.2) is 9.84 Å². The van der Waals surface area contributed by atoms with Gasteiger partial charge >= 0.3 is 0 Å². The first kappa shape index (κ1) is 10.6. The fourth-order valence-electron chi connectivity index (χ4n) is 0.867. The van der Waals surface area contributed by atoms with E-state index in [4.69, 9.17) is 0 Å². The second kappa shape index (κ2) is 3.75. The summed E-state index contributed by atoms with van der Waals surface area (Å²) in [5.41, 5.74) is 0.382. The summed E-state index contributed by atoms with van der Waals surface area (Å²) in [6.45, 7) is 0. The highest BCUT2D eigenvalue weighted by Crippen LogP contribution is 2.15. The highest BCUT2D eigenvalue weighted by molar-refractivity contribution is 14.1. The van der Waals surface area contributed by atoms with E-state index >= 15 is 0 Å². The third-order valence-electron chi connectivity index (χ3n) is 1.46. The number of hydrogen-bond donors (Lipinski definition) is 0. The van der Waals surface area contributed by atoms with Gasteiger partial charge in [0.25, 0.3) is 0 Å². The molecule has 5 heteroatoms. The Hall–Kier alpha value is -0.430. The van der Waals surface area contributed by atoms with Crippen molar-refractivity contribution < 1.29 is 13.2 Å². The number of rotatable bonds is 2. The van der Waals surface area contributed by atoms with E-state index in [0.717, 1.165) is 9.83 Å². The molecule has 0 atom stereocenters. The topological polar surface area (TPSA) is 51.2 Å². The third-order valence-corrected chi connectivity index (χ3v) is 3.17. The van der Waals surface area contributed by atoms with E-state index in [2.05, 4.69) is 0 Å². The van der Waals surface area contributed by atoms with Gasteiger partial charge in [0.2, 0.25) is 0 Å². The molecule has 0 aliphatic heterocycles. The van der Waals surface area contributed by atoms with Gasteiger partial charge in [-0.05, 0) is 40.8 Å². The molecule has 0 aliphatic rings. The van der Waals surface area contributed by atoms with Gasteiger partial charge in [-0.15, -0.1) is 0 Å². The van der Waals surface area contributed by atoms with Gasteiger partial charge in [0, 0.05) is 15.4 Å². The van der Waals surface area contributed by atoms with Gasteiger partial charge in [0.05, 0.1) is 4.90 Å². The summed E-state index contributed by atoms with van der Waals surface area (Å²) in [5.74, 6) is 0. The lowest BCUT2D eigenvalue weighted by Gasteiger charge is -2.00. The molecule has 0 unspecified atom stereocenters. The Balaban J connectivity index is 3.41. The summed E-state index contributed by atoms with van der Waals surface area (Å²) in [4.78, 5) is 10.6. The van der Waals surface area contributed by atoms with Crippen LogP contribution in [-0.2, 0) is 9.84 Å². The predicted molar refractivity (Wildman–Crippen MR) is 57.7 cm³/mol. The van der Waals surface area contributed by atoms with Crippen molar-refractivity contribution in [2.24, 2.45) is 0 Å². The van der Waals surface area contributed by atoms with E-state index in [9.17, 15) is 13.2 Å². The Kier molecular flexibility index (Phi) is 3.07. The number of carbonyl (C=O) groups excluding carboxylic acids is 1. The van der Waals surface area contributed by atoms with E-state index in [1.807, 2.05) is 22.6 Å². The highest BCUT2D eigenvalue weighted by atomic mass is 127. The molecule has 13 heavy (non-hydrogen) atoms. The van der Waals surface area contributed by atoms with Crippen LogP contribution in [0.3, 0.4) is 0 Å². The number of hydrogen-bond acceptors (Lipinski definition) is 3. The van der Waals surface area contributed by atoms with Crippen LogP contribution in [-0.4, -0.2) is 21.0 Å². The van der Waals surface area contributed by atoms with Crippen molar-refractivity contribution in [2.75, 3.05) is 6.26 Å². The fraction of sp³-hybridized carbons (Fsp3) is 0.125. The first-order valence-electron chi connectivity index (χ1n) is 3.39. The maximum atomic E-state index is 11.1. The average molecular weight is 310 g/mol. The van der Waals surface area contributed by atoms with Crippen molar-refractivity contribution >= 4 is 38.7 Å².